The summed E-state index contributed by atoms with van der Waals surface area (Å²) < 4.78 is 17.8. The van der Waals surface area contributed by atoms with Crippen LogP contribution in [0.1, 0.15) is 16.7 Å². The zero-order valence-electron chi connectivity index (χ0n) is 16.5. The van der Waals surface area contributed by atoms with Crippen molar-refractivity contribution in [1.29, 1.82) is 0 Å². The second-order valence-corrected chi connectivity index (χ2v) is 8.31. The highest BCUT2D eigenvalue weighted by Crippen LogP contribution is 2.38. The number of hydrogen-bond donors (Lipinski definition) is 0. The van der Waals surface area contributed by atoms with Crippen molar-refractivity contribution in [3.05, 3.63) is 97.7 Å². The van der Waals surface area contributed by atoms with E-state index >= 15 is 0 Å². The molecule has 4 rings (SSSR count). The summed E-state index contributed by atoms with van der Waals surface area (Å²) in [4.78, 5) is 16.6. The van der Waals surface area contributed by atoms with E-state index < -0.39 is 5.97 Å². The van der Waals surface area contributed by atoms with E-state index in [9.17, 15) is 4.79 Å². The molecule has 0 atom stereocenters. The number of carbonyl (C=O) groups is 1. The summed E-state index contributed by atoms with van der Waals surface area (Å²) in [5, 5.41) is 0.371. The van der Waals surface area contributed by atoms with Gasteiger partial charge in [0.15, 0.2) is 17.2 Å². The minimum Gasteiger partial charge on any atom is -0.493 e. The highest BCUT2D eigenvalue weighted by atomic mass is 127. The van der Waals surface area contributed by atoms with E-state index in [1.807, 2.05) is 54.6 Å². The Hall–Kier alpha value is -2.84. The lowest BCUT2D eigenvalue weighted by atomic mass is 10.1. The van der Waals surface area contributed by atoms with Gasteiger partial charge in [0.05, 0.1) is 12.1 Å². The monoisotopic (exact) mass is 545 g/mol. The molecule has 0 N–H and O–H groups in total. The second kappa shape index (κ2) is 9.53. The molecular weight excluding hydrogens is 529 g/mol. The van der Waals surface area contributed by atoms with Gasteiger partial charge in [-0.3, -0.25) is 0 Å². The molecule has 0 unspecified atom stereocenters. The van der Waals surface area contributed by atoms with E-state index in [0.29, 0.717) is 28.7 Å². The summed E-state index contributed by atoms with van der Waals surface area (Å²) in [7, 11) is 1.54. The van der Waals surface area contributed by atoms with Crippen LogP contribution in [-0.2, 0) is 16.1 Å². The molecular formula is C24H17ClINO4. The fourth-order valence-corrected chi connectivity index (χ4v) is 3.90. The number of ether oxygens (including phenoxy) is 3. The Morgan fingerprint density at radius 1 is 1.10 bits per heavy atom. The Kier molecular flexibility index (Phi) is 6.58. The standard InChI is InChI=1S/C24H17ClINO4/c1-29-21-13-16(11-19(25)22(21)30-14-15-6-5-9-18(26)10-15)12-20-24(28)31-23(27-20)17-7-3-2-4-8-17/h2-13H,14H2,1H3/b20-12-. The molecule has 0 aromatic heterocycles. The number of esters is 1. The minimum absolute atomic E-state index is 0.185. The molecule has 0 saturated heterocycles. The fraction of sp³-hybridized carbons (Fsp3) is 0.0833. The average Bonchev–Trinajstić information content (AvgIpc) is 3.13. The van der Waals surface area contributed by atoms with Crippen molar-refractivity contribution < 1.29 is 19.0 Å². The van der Waals surface area contributed by atoms with Gasteiger partial charge in [0.2, 0.25) is 5.90 Å². The molecule has 1 aliphatic heterocycles. The van der Waals surface area contributed by atoms with Crippen LogP contribution < -0.4 is 9.47 Å². The van der Waals surface area contributed by atoms with Crippen molar-refractivity contribution in [2.75, 3.05) is 7.11 Å². The van der Waals surface area contributed by atoms with Crippen LogP contribution in [0.4, 0.5) is 0 Å². The van der Waals surface area contributed by atoms with Crippen molar-refractivity contribution in [3.8, 4) is 11.5 Å². The third-order valence-electron chi connectivity index (χ3n) is 4.47. The SMILES string of the molecule is COc1cc(/C=C2\N=C(c3ccccc3)OC2=O)cc(Cl)c1OCc1cccc(I)c1. The molecule has 0 fully saturated rings. The molecule has 3 aromatic carbocycles. The Balaban J connectivity index is 1.59. The lowest BCUT2D eigenvalue weighted by Crippen LogP contribution is -2.05. The van der Waals surface area contributed by atoms with E-state index in [4.69, 9.17) is 25.8 Å². The van der Waals surface area contributed by atoms with Crippen molar-refractivity contribution in [3.63, 3.8) is 0 Å². The van der Waals surface area contributed by atoms with Gasteiger partial charge >= 0.3 is 5.97 Å². The van der Waals surface area contributed by atoms with Gasteiger partial charge < -0.3 is 14.2 Å². The zero-order chi connectivity index (χ0) is 21.8. The smallest absolute Gasteiger partial charge is 0.363 e. The van der Waals surface area contributed by atoms with Crippen molar-refractivity contribution >= 4 is 52.1 Å². The van der Waals surface area contributed by atoms with Crippen molar-refractivity contribution in [2.45, 2.75) is 6.61 Å². The van der Waals surface area contributed by atoms with Crippen LogP contribution in [0.3, 0.4) is 0 Å². The van der Waals surface area contributed by atoms with Crippen LogP contribution in [-0.4, -0.2) is 19.0 Å². The highest BCUT2D eigenvalue weighted by Gasteiger charge is 2.24. The molecule has 3 aromatic rings. The molecule has 0 amide bonds. The molecule has 0 spiro atoms. The highest BCUT2D eigenvalue weighted by molar-refractivity contribution is 14.1. The molecule has 156 valence electrons. The first-order valence-corrected chi connectivity index (χ1v) is 10.8. The van der Waals surface area contributed by atoms with Gasteiger partial charge in [-0.05, 0) is 76.2 Å². The molecule has 0 bridgehead atoms. The van der Waals surface area contributed by atoms with Crippen LogP contribution in [0.15, 0.2) is 77.4 Å². The summed E-state index contributed by atoms with van der Waals surface area (Å²) in [6.45, 7) is 0.352. The third kappa shape index (κ3) is 5.08. The van der Waals surface area contributed by atoms with Crippen LogP contribution in [0, 0.1) is 3.57 Å². The maximum absolute atomic E-state index is 12.3. The first-order valence-electron chi connectivity index (χ1n) is 9.36. The summed E-state index contributed by atoms with van der Waals surface area (Å²) in [5.41, 5.74) is 2.58. The van der Waals surface area contributed by atoms with E-state index in [2.05, 4.69) is 27.6 Å². The molecule has 7 heteroatoms. The first kappa shape index (κ1) is 21.4. The average molecular weight is 546 g/mol. The lowest BCUT2D eigenvalue weighted by molar-refractivity contribution is -0.129. The third-order valence-corrected chi connectivity index (χ3v) is 5.42. The van der Waals surface area contributed by atoms with Crippen LogP contribution in [0.2, 0.25) is 5.02 Å². The van der Waals surface area contributed by atoms with Gasteiger partial charge in [0.25, 0.3) is 0 Å². The van der Waals surface area contributed by atoms with E-state index in [1.54, 1.807) is 18.2 Å². The summed E-state index contributed by atoms with van der Waals surface area (Å²) in [6, 6.07) is 20.7. The Labute approximate surface area is 198 Å². The maximum Gasteiger partial charge on any atom is 0.363 e. The number of carbonyl (C=O) groups excluding carboxylic acids is 1. The molecule has 1 aliphatic rings. The van der Waals surface area contributed by atoms with Gasteiger partial charge in [0, 0.05) is 9.13 Å². The minimum atomic E-state index is -0.520. The first-order chi connectivity index (χ1) is 15.0. The maximum atomic E-state index is 12.3. The van der Waals surface area contributed by atoms with E-state index in [-0.39, 0.29) is 11.6 Å². The van der Waals surface area contributed by atoms with Crippen LogP contribution in [0.25, 0.3) is 6.08 Å². The fourth-order valence-electron chi connectivity index (χ4n) is 3.02. The van der Waals surface area contributed by atoms with Crippen molar-refractivity contribution in [1.82, 2.24) is 0 Å². The van der Waals surface area contributed by atoms with Gasteiger partial charge in [-0.15, -0.1) is 0 Å². The van der Waals surface area contributed by atoms with Crippen LogP contribution >= 0.6 is 34.2 Å². The molecule has 0 saturated carbocycles. The van der Waals surface area contributed by atoms with E-state index in [0.717, 1.165) is 14.7 Å². The van der Waals surface area contributed by atoms with Crippen LogP contribution in [0.5, 0.6) is 11.5 Å². The number of rotatable bonds is 6. The molecule has 0 radical (unpaired) electrons. The number of benzene rings is 3. The summed E-state index contributed by atoms with van der Waals surface area (Å²) in [6.07, 6.45) is 1.61. The van der Waals surface area contributed by atoms with Gasteiger partial charge in [-0.25, -0.2) is 9.79 Å². The quantitative estimate of drug-likeness (QED) is 0.221. The second-order valence-electron chi connectivity index (χ2n) is 6.65. The largest absolute Gasteiger partial charge is 0.493 e. The van der Waals surface area contributed by atoms with E-state index in [1.165, 1.54) is 7.11 Å². The lowest BCUT2D eigenvalue weighted by Gasteiger charge is -2.13. The van der Waals surface area contributed by atoms with Gasteiger partial charge in [0.1, 0.15) is 6.61 Å². The predicted octanol–water partition coefficient (Wildman–Crippen LogP) is 5.88. The zero-order valence-corrected chi connectivity index (χ0v) is 19.4. The molecule has 1 heterocycles. The number of methoxy groups -OCH3 is 1. The molecule has 0 aliphatic carbocycles. The number of nitrogens with zero attached hydrogens (tertiary/aromatic N) is 1. The normalized spacial score (nSPS) is 14.4. The summed E-state index contributed by atoms with van der Waals surface area (Å²) in [5.74, 6) is 0.650. The number of halogens is 2. The number of cyclic esters (lactones) is 1. The molecule has 31 heavy (non-hydrogen) atoms. The Morgan fingerprint density at radius 2 is 1.90 bits per heavy atom. The summed E-state index contributed by atoms with van der Waals surface area (Å²) >= 11 is 8.72. The number of hydrogen-bond acceptors (Lipinski definition) is 5. The molecule has 5 nitrogen and oxygen atoms in total. The Morgan fingerprint density at radius 3 is 2.65 bits per heavy atom. The topological polar surface area (TPSA) is 57.1 Å². The number of aliphatic imine (C=N–C) groups is 1. The van der Waals surface area contributed by atoms with Crippen molar-refractivity contribution in [2.24, 2.45) is 4.99 Å². The predicted molar refractivity (Wildman–Crippen MR) is 129 cm³/mol. The van der Waals surface area contributed by atoms with Gasteiger partial charge in [-0.1, -0.05) is 41.9 Å². The Bertz CT molecular complexity index is 1190. The van der Waals surface area contributed by atoms with Gasteiger partial charge in [-0.2, -0.15) is 0 Å².